The summed E-state index contributed by atoms with van der Waals surface area (Å²) in [5.74, 6) is -0.111. The van der Waals surface area contributed by atoms with Crippen LogP contribution in [0.3, 0.4) is 0 Å². The highest BCUT2D eigenvalue weighted by atomic mass is 79.9. The van der Waals surface area contributed by atoms with Gasteiger partial charge in [0.2, 0.25) is 0 Å². The van der Waals surface area contributed by atoms with Gasteiger partial charge in [-0.25, -0.2) is 9.82 Å². The van der Waals surface area contributed by atoms with Crippen LogP contribution < -0.4 is 14.9 Å². The molecule has 4 rings (SSSR count). The van der Waals surface area contributed by atoms with Gasteiger partial charge in [-0.1, -0.05) is 72.8 Å². The molecule has 8 heteroatoms. The van der Waals surface area contributed by atoms with Crippen LogP contribution in [0.15, 0.2) is 107 Å². The third-order valence-corrected chi connectivity index (χ3v) is 6.23. The smallest absolute Gasteiger partial charge is 0.281 e. The Morgan fingerprint density at radius 2 is 1.59 bits per heavy atom. The minimum atomic E-state index is -1.93. The van der Waals surface area contributed by atoms with Crippen molar-refractivity contribution in [1.29, 1.82) is 0 Å². The van der Waals surface area contributed by atoms with Crippen molar-refractivity contribution in [2.45, 2.75) is 12.2 Å². The Bertz CT molecular complexity index is 1340. The van der Waals surface area contributed by atoms with Crippen molar-refractivity contribution < 1.29 is 23.8 Å². The summed E-state index contributed by atoms with van der Waals surface area (Å²) in [6.07, 6.45) is 1.44. The van der Waals surface area contributed by atoms with E-state index in [9.17, 15) is 14.3 Å². The number of hydrazone groups is 1. The van der Waals surface area contributed by atoms with Gasteiger partial charge in [-0.15, -0.1) is 0 Å². The third kappa shape index (κ3) is 6.04. The lowest BCUT2D eigenvalue weighted by Gasteiger charge is -2.27. The number of rotatable bonds is 9. The highest BCUT2D eigenvalue weighted by molar-refractivity contribution is 9.10. The van der Waals surface area contributed by atoms with E-state index in [1.807, 2.05) is 12.1 Å². The maximum atomic E-state index is 13.2. The van der Waals surface area contributed by atoms with Gasteiger partial charge < -0.3 is 14.6 Å². The molecule has 37 heavy (non-hydrogen) atoms. The van der Waals surface area contributed by atoms with Crippen LogP contribution in [0, 0.1) is 5.82 Å². The summed E-state index contributed by atoms with van der Waals surface area (Å²) in [5, 5.41) is 15.6. The number of nitrogens with one attached hydrogen (secondary N) is 1. The highest BCUT2D eigenvalue weighted by Gasteiger charge is 2.39. The number of hydrogen-bond acceptors (Lipinski definition) is 5. The van der Waals surface area contributed by atoms with Crippen molar-refractivity contribution in [2.24, 2.45) is 5.10 Å². The van der Waals surface area contributed by atoms with Gasteiger partial charge in [-0.05, 0) is 62.4 Å². The Kier molecular flexibility index (Phi) is 8.32. The van der Waals surface area contributed by atoms with E-state index < -0.39 is 11.5 Å². The van der Waals surface area contributed by atoms with Gasteiger partial charge in [-0.3, -0.25) is 4.79 Å². The predicted molar refractivity (Wildman–Crippen MR) is 143 cm³/mol. The molecule has 0 spiro atoms. The van der Waals surface area contributed by atoms with Gasteiger partial charge in [0.15, 0.2) is 17.1 Å². The van der Waals surface area contributed by atoms with Gasteiger partial charge in [0.05, 0.1) is 17.8 Å². The first kappa shape index (κ1) is 26.1. The van der Waals surface area contributed by atoms with Gasteiger partial charge in [0.25, 0.3) is 5.91 Å². The second-order valence-electron chi connectivity index (χ2n) is 8.09. The molecule has 0 unspecified atom stereocenters. The Labute approximate surface area is 222 Å². The SMILES string of the molecule is COc1cc(/C=N\NC(=O)C(O)(c2ccccc2)c2ccccc2)cc(Br)c1OCc1ccc(F)cc1. The average molecular weight is 563 g/mol. The number of halogens is 2. The van der Waals surface area contributed by atoms with Crippen molar-refractivity contribution in [3.63, 3.8) is 0 Å². The van der Waals surface area contributed by atoms with E-state index in [4.69, 9.17) is 9.47 Å². The zero-order valence-electron chi connectivity index (χ0n) is 19.9. The van der Waals surface area contributed by atoms with Crippen LogP contribution in [0.5, 0.6) is 11.5 Å². The molecular formula is C29H24BrFN2O4. The largest absolute Gasteiger partial charge is 0.493 e. The summed E-state index contributed by atoms with van der Waals surface area (Å²) in [7, 11) is 1.51. The normalized spacial score (nSPS) is 11.4. The zero-order valence-corrected chi connectivity index (χ0v) is 21.5. The summed E-state index contributed by atoms with van der Waals surface area (Å²) in [6, 6.07) is 26.8. The number of carbonyl (C=O) groups is 1. The van der Waals surface area contributed by atoms with Crippen LogP contribution in [0.4, 0.5) is 4.39 Å². The lowest BCUT2D eigenvalue weighted by molar-refractivity contribution is -0.136. The Morgan fingerprint density at radius 3 is 2.16 bits per heavy atom. The number of benzene rings is 4. The fraction of sp³-hybridized carbons (Fsp3) is 0.103. The monoisotopic (exact) mass is 562 g/mol. The molecule has 4 aromatic rings. The first-order valence-electron chi connectivity index (χ1n) is 11.3. The maximum absolute atomic E-state index is 13.2. The Morgan fingerprint density at radius 1 is 1.00 bits per heavy atom. The molecule has 0 bridgehead atoms. The molecule has 0 atom stereocenters. The van der Waals surface area contributed by atoms with Crippen LogP contribution in [-0.4, -0.2) is 24.3 Å². The number of aliphatic hydroxyl groups is 1. The van der Waals surface area contributed by atoms with Crippen LogP contribution in [0.1, 0.15) is 22.3 Å². The van der Waals surface area contributed by atoms with Gasteiger partial charge in [-0.2, -0.15) is 5.10 Å². The minimum absolute atomic E-state index is 0.219. The number of nitrogens with zero attached hydrogens (tertiary/aromatic N) is 1. The van der Waals surface area contributed by atoms with E-state index in [0.29, 0.717) is 32.7 Å². The topological polar surface area (TPSA) is 80.2 Å². The van der Waals surface area contributed by atoms with Crippen molar-refractivity contribution in [3.05, 3.63) is 130 Å². The quantitative estimate of drug-likeness (QED) is 0.207. The second-order valence-corrected chi connectivity index (χ2v) is 8.95. The molecule has 0 radical (unpaired) electrons. The fourth-order valence-electron chi connectivity index (χ4n) is 3.72. The zero-order chi connectivity index (χ0) is 26.3. The first-order valence-corrected chi connectivity index (χ1v) is 12.1. The summed E-state index contributed by atoms with van der Waals surface area (Å²) in [6.45, 7) is 0.219. The molecule has 1 amide bonds. The molecule has 6 nitrogen and oxygen atoms in total. The molecule has 4 aromatic carbocycles. The van der Waals surface area contributed by atoms with Gasteiger partial charge in [0.1, 0.15) is 12.4 Å². The standard InChI is InChI=1S/C29H24BrFN2O4/c1-36-26-17-21(16-25(30)27(26)37-19-20-12-14-24(31)15-13-20)18-32-33-28(34)29(35,22-8-4-2-5-9-22)23-10-6-3-7-11-23/h2-18,35H,19H2,1H3,(H,33,34)/b32-18-. The molecular weight excluding hydrogens is 539 g/mol. The fourth-order valence-corrected chi connectivity index (χ4v) is 4.30. The Hall–Kier alpha value is -4.01. The number of amides is 1. The average Bonchev–Trinajstić information content (AvgIpc) is 2.93. The molecule has 0 saturated carbocycles. The number of carbonyl (C=O) groups excluding carboxylic acids is 1. The Balaban J connectivity index is 1.52. The first-order chi connectivity index (χ1) is 17.9. The van der Waals surface area contributed by atoms with E-state index in [1.54, 1.807) is 72.8 Å². The third-order valence-electron chi connectivity index (χ3n) is 5.64. The number of ether oxygens (including phenoxy) is 2. The summed E-state index contributed by atoms with van der Waals surface area (Å²) < 4.78 is 25.1. The summed E-state index contributed by atoms with van der Waals surface area (Å²) >= 11 is 3.48. The summed E-state index contributed by atoms with van der Waals surface area (Å²) in [5.41, 5.74) is 2.77. The number of hydrogen-bond donors (Lipinski definition) is 2. The van der Waals surface area contributed by atoms with Gasteiger partial charge >= 0.3 is 0 Å². The lowest BCUT2D eigenvalue weighted by atomic mass is 9.85. The van der Waals surface area contributed by atoms with Crippen molar-refractivity contribution in [2.75, 3.05) is 7.11 Å². The molecule has 0 aliphatic heterocycles. The van der Waals surface area contributed by atoms with E-state index in [-0.39, 0.29) is 12.4 Å². The van der Waals surface area contributed by atoms with Crippen LogP contribution in [0.25, 0.3) is 0 Å². The molecule has 0 saturated heterocycles. The molecule has 0 fully saturated rings. The van der Waals surface area contributed by atoms with Gasteiger partial charge in [0, 0.05) is 0 Å². The van der Waals surface area contributed by atoms with Crippen molar-refractivity contribution in [3.8, 4) is 11.5 Å². The van der Waals surface area contributed by atoms with E-state index in [0.717, 1.165) is 5.56 Å². The van der Waals surface area contributed by atoms with Crippen molar-refractivity contribution in [1.82, 2.24) is 5.43 Å². The summed E-state index contributed by atoms with van der Waals surface area (Å²) in [4.78, 5) is 13.2. The van der Waals surface area contributed by atoms with Crippen LogP contribution in [0.2, 0.25) is 0 Å². The second kappa shape index (κ2) is 11.8. The molecule has 188 valence electrons. The molecule has 0 aromatic heterocycles. The van der Waals surface area contributed by atoms with E-state index in [1.165, 1.54) is 25.5 Å². The molecule has 0 heterocycles. The lowest BCUT2D eigenvalue weighted by Crippen LogP contribution is -2.43. The van der Waals surface area contributed by atoms with E-state index >= 15 is 0 Å². The van der Waals surface area contributed by atoms with Crippen LogP contribution in [-0.2, 0) is 17.0 Å². The molecule has 2 N–H and O–H groups in total. The number of methoxy groups -OCH3 is 1. The van der Waals surface area contributed by atoms with Crippen molar-refractivity contribution >= 4 is 28.1 Å². The highest BCUT2D eigenvalue weighted by Crippen LogP contribution is 2.37. The maximum Gasteiger partial charge on any atom is 0.281 e. The predicted octanol–water partition coefficient (Wildman–Crippen LogP) is 5.56. The van der Waals surface area contributed by atoms with E-state index in [2.05, 4.69) is 26.5 Å². The molecule has 0 aliphatic carbocycles. The molecule has 0 aliphatic rings. The van der Waals surface area contributed by atoms with Crippen LogP contribution >= 0.6 is 15.9 Å². The minimum Gasteiger partial charge on any atom is -0.493 e.